The molecule has 0 amide bonds. The topological polar surface area (TPSA) is 54.7 Å². The van der Waals surface area contributed by atoms with Gasteiger partial charge < -0.3 is 15.0 Å². The van der Waals surface area contributed by atoms with Gasteiger partial charge in [0.15, 0.2) is 5.65 Å². The van der Waals surface area contributed by atoms with Crippen molar-refractivity contribution in [1.29, 1.82) is 0 Å². The summed E-state index contributed by atoms with van der Waals surface area (Å²) in [6.45, 7) is 2.53. The Bertz CT molecular complexity index is 1040. The molecule has 7 heteroatoms. The quantitative estimate of drug-likeness (QED) is 0.638. The van der Waals surface area contributed by atoms with Gasteiger partial charge in [-0.1, -0.05) is 0 Å². The molecular formula is C21H22FN5O. The number of rotatable bonds is 0. The highest BCUT2D eigenvalue weighted by Crippen LogP contribution is 2.29. The van der Waals surface area contributed by atoms with Crippen molar-refractivity contribution in [1.82, 2.24) is 19.5 Å². The maximum atomic E-state index is 14.2. The summed E-state index contributed by atoms with van der Waals surface area (Å²) < 4.78 is 21.8. The Kier molecular flexibility index (Phi) is 4.35. The lowest BCUT2D eigenvalue weighted by Gasteiger charge is -2.31. The second-order valence-corrected chi connectivity index (χ2v) is 7.24. The first-order valence-electron chi connectivity index (χ1n) is 9.75. The van der Waals surface area contributed by atoms with Crippen LogP contribution in [0.2, 0.25) is 0 Å². The number of allylic oxidation sites excluding steroid dienone is 1. The first kappa shape index (κ1) is 17.0. The van der Waals surface area contributed by atoms with Crippen LogP contribution < -0.4 is 10.1 Å². The first-order valence-corrected chi connectivity index (χ1v) is 9.75. The molecule has 28 heavy (non-hydrogen) atoms. The van der Waals surface area contributed by atoms with Gasteiger partial charge in [-0.25, -0.2) is 13.9 Å². The molecule has 3 aromatic rings. The molecule has 2 aliphatic heterocycles. The largest absolute Gasteiger partial charge is 0.493 e. The SMILES string of the molecule is Fc1cc2cc(c1)-c1cnn3ccc(nc13)N/C=C1/CCCCN1CCCO2. The highest BCUT2D eigenvalue weighted by molar-refractivity contribution is 5.78. The Balaban J connectivity index is 1.60. The van der Waals surface area contributed by atoms with E-state index in [1.54, 1.807) is 10.7 Å². The van der Waals surface area contributed by atoms with Crippen molar-refractivity contribution in [2.24, 2.45) is 0 Å². The van der Waals surface area contributed by atoms with E-state index in [-0.39, 0.29) is 5.82 Å². The number of ether oxygens (including phenoxy) is 1. The van der Waals surface area contributed by atoms with Crippen LogP contribution >= 0.6 is 0 Å². The molecule has 0 unspecified atom stereocenters. The maximum Gasteiger partial charge on any atom is 0.165 e. The molecule has 0 atom stereocenters. The molecule has 1 fully saturated rings. The van der Waals surface area contributed by atoms with E-state index >= 15 is 0 Å². The van der Waals surface area contributed by atoms with Gasteiger partial charge in [-0.05, 0) is 49.4 Å². The second-order valence-electron chi connectivity index (χ2n) is 7.24. The fraction of sp³-hybridized carbons (Fsp3) is 0.333. The fourth-order valence-electron chi connectivity index (χ4n) is 3.89. The molecule has 2 aromatic heterocycles. The minimum Gasteiger partial charge on any atom is -0.493 e. The fourth-order valence-corrected chi connectivity index (χ4v) is 3.89. The normalized spacial score (nSPS) is 19.0. The monoisotopic (exact) mass is 379 g/mol. The van der Waals surface area contributed by atoms with Crippen LogP contribution in [0.25, 0.3) is 16.8 Å². The third kappa shape index (κ3) is 3.28. The van der Waals surface area contributed by atoms with Crippen molar-refractivity contribution in [3.05, 3.63) is 54.4 Å². The summed E-state index contributed by atoms with van der Waals surface area (Å²) in [4.78, 5) is 7.11. The van der Waals surface area contributed by atoms with Crippen LogP contribution in [0, 0.1) is 5.82 Å². The van der Waals surface area contributed by atoms with Gasteiger partial charge in [0.1, 0.15) is 17.4 Å². The number of hydrogen-bond acceptors (Lipinski definition) is 5. The van der Waals surface area contributed by atoms with E-state index in [9.17, 15) is 4.39 Å². The summed E-state index contributed by atoms with van der Waals surface area (Å²) in [5, 5.41) is 7.70. The first-order chi connectivity index (χ1) is 13.8. The van der Waals surface area contributed by atoms with Gasteiger partial charge in [0, 0.05) is 42.8 Å². The summed E-state index contributed by atoms with van der Waals surface area (Å²) >= 11 is 0. The van der Waals surface area contributed by atoms with Crippen molar-refractivity contribution in [3.8, 4) is 16.9 Å². The molecule has 0 spiro atoms. The molecule has 4 heterocycles. The number of aromatic nitrogens is 3. The van der Waals surface area contributed by atoms with E-state index in [4.69, 9.17) is 9.72 Å². The van der Waals surface area contributed by atoms with Gasteiger partial charge in [0.05, 0.1) is 12.8 Å². The summed E-state index contributed by atoms with van der Waals surface area (Å²) in [5.74, 6) is 0.952. The van der Waals surface area contributed by atoms with Crippen molar-refractivity contribution in [3.63, 3.8) is 0 Å². The molecule has 144 valence electrons. The average molecular weight is 379 g/mol. The van der Waals surface area contributed by atoms with Crippen LogP contribution in [0.5, 0.6) is 5.75 Å². The van der Waals surface area contributed by atoms with Crippen molar-refractivity contribution >= 4 is 11.5 Å². The molecule has 1 saturated heterocycles. The zero-order valence-corrected chi connectivity index (χ0v) is 15.6. The van der Waals surface area contributed by atoms with E-state index in [2.05, 4.69) is 21.5 Å². The highest BCUT2D eigenvalue weighted by atomic mass is 19.1. The lowest BCUT2D eigenvalue weighted by Crippen LogP contribution is -2.30. The Labute approximate surface area is 162 Å². The minimum absolute atomic E-state index is 0.328. The van der Waals surface area contributed by atoms with Gasteiger partial charge >= 0.3 is 0 Å². The van der Waals surface area contributed by atoms with Crippen LogP contribution in [0.15, 0.2) is 48.6 Å². The third-order valence-corrected chi connectivity index (χ3v) is 5.30. The Morgan fingerprint density at radius 2 is 2.04 bits per heavy atom. The standard InChI is InChI=1S/C21H22FN5O/c22-16-10-15-11-18(12-16)28-9-3-7-26-6-2-1-4-17(26)13-23-20-5-8-27-21(25-20)19(15)14-24-27/h5,8,10-14H,1-4,6-7,9H2,(H,23,25)/b17-13-. The van der Waals surface area contributed by atoms with Gasteiger partial charge in [0.25, 0.3) is 0 Å². The maximum absolute atomic E-state index is 14.2. The number of benzene rings is 1. The molecule has 6 nitrogen and oxygen atoms in total. The minimum atomic E-state index is -0.328. The molecule has 0 radical (unpaired) electrons. The molecular weight excluding hydrogens is 357 g/mol. The van der Waals surface area contributed by atoms with Gasteiger partial charge in [-0.3, -0.25) is 0 Å². The number of anilines is 1. The smallest absolute Gasteiger partial charge is 0.165 e. The molecule has 0 aliphatic carbocycles. The van der Waals surface area contributed by atoms with Crippen LogP contribution in [-0.4, -0.2) is 39.2 Å². The lowest BCUT2D eigenvalue weighted by molar-refractivity contribution is 0.245. The summed E-state index contributed by atoms with van der Waals surface area (Å²) in [5.41, 5.74) is 3.45. The van der Waals surface area contributed by atoms with Gasteiger partial charge in [-0.15, -0.1) is 0 Å². The molecule has 2 aliphatic rings. The Morgan fingerprint density at radius 3 is 3.00 bits per heavy atom. The number of nitrogens with zero attached hydrogens (tertiary/aromatic N) is 4. The number of halogens is 1. The number of nitrogens with one attached hydrogen (secondary N) is 1. The summed E-state index contributed by atoms with van der Waals surface area (Å²) in [7, 11) is 0. The molecule has 5 rings (SSSR count). The summed E-state index contributed by atoms with van der Waals surface area (Å²) in [6.07, 6.45) is 9.98. The zero-order valence-electron chi connectivity index (χ0n) is 15.6. The van der Waals surface area contributed by atoms with Crippen molar-refractivity contribution in [2.75, 3.05) is 25.0 Å². The Hall–Kier alpha value is -3.09. The van der Waals surface area contributed by atoms with Crippen LogP contribution in [0.4, 0.5) is 10.2 Å². The zero-order chi connectivity index (χ0) is 18.9. The molecule has 1 N–H and O–H groups in total. The van der Waals surface area contributed by atoms with Crippen molar-refractivity contribution in [2.45, 2.75) is 25.7 Å². The predicted octanol–water partition coefficient (Wildman–Crippen LogP) is 4.06. The van der Waals surface area contributed by atoms with E-state index in [1.165, 1.54) is 30.7 Å². The molecule has 4 bridgehead atoms. The average Bonchev–Trinajstić information content (AvgIpc) is 3.13. The lowest BCUT2D eigenvalue weighted by atomic mass is 10.1. The van der Waals surface area contributed by atoms with Crippen molar-refractivity contribution < 1.29 is 9.13 Å². The van der Waals surface area contributed by atoms with E-state index in [1.807, 2.05) is 18.3 Å². The number of hydrogen-bond donors (Lipinski definition) is 1. The molecule has 1 aromatic carbocycles. The number of fused-ring (bicyclic) bond motifs is 5. The van der Waals surface area contributed by atoms with E-state index in [0.717, 1.165) is 37.3 Å². The van der Waals surface area contributed by atoms with Crippen LogP contribution in [-0.2, 0) is 0 Å². The highest BCUT2D eigenvalue weighted by Gasteiger charge is 2.16. The second kappa shape index (κ2) is 7.14. The van der Waals surface area contributed by atoms with E-state index < -0.39 is 0 Å². The molecule has 0 saturated carbocycles. The predicted molar refractivity (Wildman–Crippen MR) is 106 cm³/mol. The summed E-state index contributed by atoms with van der Waals surface area (Å²) in [6, 6.07) is 6.67. The van der Waals surface area contributed by atoms with Crippen LogP contribution in [0.3, 0.4) is 0 Å². The van der Waals surface area contributed by atoms with E-state index in [0.29, 0.717) is 23.6 Å². The Morgan fingerprint density at radius 1 is 1.11 bits per heavy atom. The number of piperidine rings is 1. The van der Waals surface area contributed by atoms with Gasteiger partial charge in [-0.2, -0.15) is 5.10 Å². The third-order valence-electron chi connectivity index (χ3n) is 5.30. The van der Waals surface area contributed by atoms with Gasteiger partial charge in [0.2, 0.25) is 0 Å². The van der Waals surface area contributed by atoms with Crippen LogP contribution in [0.1, 0.15) is 25.7 Å².